The average Bonchev–Trinajstić information content (AvgIpc) is 3.03. The molecule has 0 aliphatic rings. The van der Waals surface area contributed by atoms with E-state index in [1.165, 1.54) is 0 Å². The molecule has 22 heteroatoms. The summed E-state index contributed by atoms with van der Waals surface area (Å²) < 4.78 is 48.5. The van der Waals surface area contributed by atoms with Crippen LogP contribution < -0.4 is 0 Å². The van der Waals surface area contributed by atoms with Crippen LogP contribution in [0.25, 0.3) is 0 Å². The second-order valence-corrected chi connectivity index (χ2v) is 26.4. The first-order valence-corrected chi connectivity index (χ1v) is 27.4. The molecule has 0 fully saturated rings. The molecule has 9 nitrogen and oxygen atoms in total. The van der Waals surface area contributed by atoms with E-state index < -0.39 is 22.8 Å². The predicted octanol–water partition coefficient (Wildman–Crippen LogP) is 8.53. The quantitative estimate of drug-likeness (QED) is 0.0401. The maximum absolute atomic E-state index is 8.26. The Bertz CT molecular complexity index is 847. The van der Waals surface area contributed by atoms with Crippen LogP contribution in [-0.2, 0) is 156 Å². The summed E-state index contributed by atoms with van der Waals surface area (Å²) >= 11 is 39.6. The summed E-state index contributed by atoms with van der Waals surface area (Å²) in [6.07, 6.45) is 12.7. The van der Waals surface area contributed by atoms with Crippen molar-refractivity contribution in [2.24, 2.45) is 0 Å². The van der Waals surface area contributed by atoms with Gasteiger partial charge < -0.3 is 85.2 Å². The van der Waals surface area contributed by atoms with Crippen molar-refractivity contribution in [3.8, 4) is 0 Å². The third-order valence-electron chi connectivity index (χ3n) is 2.80. The van der Waals surface area contributed by atoms with Gasteiger partial charge in [0.05, 0.1) is 75.6 Å². The summed E-state index contributed by atoms with van der Waals surface area (Å²) in [6.45, 7) is 30.5. The van der Waals surface area contributed by atoms with E-state index in [-0.39, 0.29) is 0 Å². The standard InChI is InChI=1S/4C6H11O2PS2.Mo.O/c4*1-3-5-7-9(10,11)8-6-4-2;;/h4*3-4H,1-2,5-6H2,(H,10,11);;/q;;;;+4;/p-4. The second-order valence-electron chi connectivity index (χ2n) is 6.46. The van der Waals surface area contributed by atoms with Crippen molar-refractivity contribution in [2.75, 3.05) is 52.9 Å². The van der Waals surface area contributed by atoms with Crippen molar-refractivity contribution in [1.29, 1.82) is 0 Å². The Balaban J connectivity index is -0.000000159. The molecule has 0 atom stereocenters. The zero-order valence-electron chi connectivity index (χ0n) is 25.1. The van der Waals surface area contributed by atoms with E-state index in [0.717, 1.165) is 0 Å². The molecule has 0 amide bonds. The monoisotopic (exact) mass is 950 g/mol. The van der Waals surface area contributed by atoms with Gasteiger partial charge in [-0.05, 0) is 0 Å². The average molecular weight is 949 g/mol. The van der Waals surface area contributed by atoms with Crippen molar-refractivity contribution in [3.63, 3.8) is 0 Å². The summed E-state index contributed by atoms with van der Waals surface area (Å²) in [5.41, 5.74) is -9.81. The van der Waals surface area contributed by atoms with Crippen molar-refractivity contribution in [3.05, 3.63) is 101 Å². The van der Waals surface area contributed by atoms with Gasteiger partial charge in [0.25, 0.3) is 0 Å². The predicted molar refractivity (Wildman–Crippen MR) is 216 cm³/mol. The minimum absolute atomic E-state index is 0.345. The van der Waals surface area contributed by atoms with Gasteiger partial charge in [0.1, 0.15) is 0 Å². The molecule has 0 radical (unpaired) electrons. The zero-order chi connectivity index (χ0) is 37.0. The summed E-state index contributed by atoms with van der Waals surface area (Å²) in [6, 6.07) is 0. The zero-order valence-corrected chi connectivity index (χ0v) is 37.2. The molecule has 0 heterocycles. The Kier molecular flexibility index (Phi) is 49.8. The van der Waals surface area contributed by atoms with Gasteiger partial charge in [-0.25, -0.2) is 0 Å². The SMILES string of the molecule is C=CCOP(=S)([S-])OCC=C.C=CCOP(=S)([S-])OCC=C.C=CCOP(=S)([S-])OCC=C.C=CCOP(=S)([S-])OCC=C.[O]=[Mo+4]. The maximum atomic E-state index is 8.26. The van der Waals surface area contributed by atoms with Crippen molar-refractivity contribution in [2.45, 2.75) is 0 Å². The van der Waals surface area contributed by atoms with Crippen molar-refractivity contribution >= 4 is 119 Å². The summed E-state index contributed by atoms with van der Waals surface area (Å²) in [7, 11) is 0. The van der Waals surface area contributed by atoms with E-state index in [1.807, 2.05) is 0 Å². The van der Waals surface area contributed by atoms with Gasteiger partial charge in [-0.3, -0.25) is 0 Å². The van der Waals surface area contributed by atoms with Crippen LogP contribution in [0, 0.1) is 0 Å². The van der Waals surface area contributed by atoms with E-state index in [4.69, 9.17) is 136 Å². The van der Waals surface area contributed by atoms with Gasteiger partial charge in [-0.15, -0.1) is 52.6 Å². The molecule has 0 aromatic carbocycles. The molecular weight excluding hydrogens is 909 g/mol. The first-order chi connectivity index (χ1) is 21.5. The first-order valence-electron chi connectivity index (χ1n) is 11.9. The van der Waals surface area contributed by atoms with E-state index in [1.54, 1.807) is 48.6 Å². The molecule has 0 aliphatic heterocycles. The number of hydrogen-bond acceptors (Lipinski definition) is 17. The third kappa shape index (κ3) is 52.9. The Morgan fingerprint density at radius 1 is 0.370 bits per heavy atom. The molecule has 0 saturated heterocycles. The number of hydrogen-bond donors (Lipinski definition) is 0. The van der Waals surface area contributed by atoms with Crippen LogP contribution in [0.3, 0.4) is 0 Å². The molecule has 0 aromatic heterocycles. The molecule has 46 heavy (non-hydrogen) atoms. The molecule has 0 saturated carbocycles. The fourth-order valence-electron chi connectivity index (χ4n) is 1.30. The van der Waals surface area contributed by atoms with E-state index >= 15 is 0 Å². The molecule has 0 aromatic rings. The molecule has 0 N–H and O–H groups in total. The van der Waals surface area contributed by atoms with Gasteiger partial charge in [-0.2, -0.15) is 0 Å². The van der Waals surface area contributed by atoms with Gasteiger partial charge in [0.2, 0.25) is 0 Å². The van der Waals surface area contributed by atoms with E-state index in [9.17, 15) is 0 Å². The van der Waals surface area contributed by atoms with Crippen molar-refractivity contribution < 1.29 is 59.4 Å². The minimum atomic E-state index is -2.45. The molecule has 264 valence electrons. The van der Waals surface area contributed by atoms with Crippen LogP contribution in [-0.4, -0.2) is 52.9 Å². The van der Waals surface area contributed by atoms with Gasteiger partial charge in [0, 0.05) is 0 Å². The number of rotatable bonds is 24. The molecule has 0 spiro atoms. The molecule has 0 bridgehead atoms. The molecule has 0 aliphatic carbocycles. The summed E-state index contributed by atoms with van der Waals surface area (Å²) in [4.78, 5) is 0. The second kappa shape index (κ2) is 39.9. The first kappa shape index (κ1) is 57.4. The van der Waals surface area contributed by atoms with Gasteiger partial charge >= 0.3 is 23.2 Å². The Morgan fingerprint density at radius 2 is 0.457 bits per heavy atom. The Morgan fingerprint density at radius 3 is 0.522 bits per heavy atom. The van der Waals surface area contributed by atoms with E-state index in [2.05, 4.69) is 52.6 Å². The fraction of sp³-hybridized carbons (Fsp3) is 0.333. The van der Waals surface area contributed by atoms with Gasteiger partial charge in [0.15, 0.2) is 0 Å². The molecule has 0 unspecified atom stereocenters. The van der Waals surface area contributed by atoms with Crippen LogP contribution in [0.15, 0.2) is 101 Å². The normalized spacial score (nSPS) is 10.7. The van der Waals surface area contributed by atoms with Crippen molar-refractivity contribution in [1.82, 2.24) is 0 Å². The third-order valence-corrected chi connectivity index (χ3v) is 11.6. The summed E-state index contributed by atoms with van der Waals surface area (Å²) in [5, 5.41) is 0. The fourth-order valence-corrected chi connectivity index (χ4v) is 6.82. The van der Waals surface area contributed by atoms with Crippen LogP contribution in [0.5, 0.6) is 0 Å². The van der Waals surface area contributed by atoms with Crippen LogP contribution in [0.2, 0.25) is 0 Å². The van der Waals surface area contributed by atoms with E-state index in [0.29, 0.717) is 72.6 Å². The summed E-state index contributed by atoms with van der Waals surface area (Å²) in [5.74, 6) is 0. The Hall–Kier alpha value is 2.09. The molecule has 0 rings (SSSR count). The van der Waals surface area contributed by atoms with Gasteiger partial charge in [-0.1, -0.05) is 95.8 Å². The molecular formula is C24H40MoO9P4S8. The van der Waals surface area contributed by atoms with Crippen LogP contribution in [0.4, 0.5) is 0 Å². The topological polar surface area (TPSA) is 90.9 Å². The van der Waals surface area contributed by atoms with Crippen LogP contribution >= 0.6 is 22.8 Å². The Labute approximate surface area is 329 Å². The van der Waals surface area contributed by atoms with Crippen LogP contribution in [0.1, 0.15) is 0 Å².